The molecule has 0 spiro atoms. The van der Waals surface area contributed by atoms with E-state index in [2.05, 4.69) is 33.8 Å². The minimum Gasteiger partial charge on any atom is -0.0784 e. The van der Waals surface area contributed by atoms with E-state index in [0.717, 1.165) is 0 Å². The fraction of sp³-hybridized carbons (Fsp3) is 0.667. The summed E-state index contributed by atoms with van der Waals surface area (Å²) in [5.41, 5.74) is 4.92. The first-order valence-electron chi connectivity index (χ1n) is 5.07. The fourth-order valence-corrected chi connectivity index (χ4v) is 2.28. The molecule has 0 aromatic carbocycles. The monoisotopic (exact) mass is 164 g/mol. The van der Waals surface area contributed by atoms with E-state index in [-0.39, 0.29) is 0 Å². The van der Waals surface area contributed by atoms with Gasteiger partial charge in [0.15, 0.2) is 0 Å². The van der Waals surface area contributed by atoms with Gasteiger partial charge in [0.1, 0.15) is 0 Å². The van der Waals surface area contributed by atoms with Crippen molar-refractivity contribution in [3.8, 4) is 0 Å². The highest BCUT2D eigenvalue weighted by molar-refractivity contribution is 5.30. The Balaban J connectivity index is 2.88. The van der Waals surface area contributed by atoms with Crippen molar-refractivity contribution < 1.29 is 0 Å². The van der Waals surface area contributed by atoms with Gasteiger partial charge in [-0.1, -0.05) is 43.6 Å². The van der Waals surface area contributed by atoms with Crippen LogP contribution in [0.5, 0.6) is 0 Å². The maximum Gasteiger partial charge on any atom is -0.00463 e. The molecule has 12 heavy (non-hydrogen) atoms. The Hall–Kier alpha value is -0.520. The predicted molar refractivity (Wildman–Crippen MR) is 55.1 cm³/mol. The van der Waals surface area contributed by atoms with E-state index in [4.69, 9.17) is 0 Å². The quantitative estimate of drug-likeness (QED) is 0.539. The molecule has 0 aromatic heterocycles. The second-order valence-corrected chi connectivity index (χ2v) is 3.81. The largest absolute Gasteiger partial charge is 0.0784 e. The highest BCUT2D eigenvalue weighted by Gasteiger charge is 2.14. The van der Waals surface area contributed by atoms with Crippen LogP contribution in [0.15, 0.2) is 22.8 Å². The number of rotatable bonds is 2. The summed E-state index contributed by atoms with van der Waals surface area (Å²) in [6.45, 7) is 9.11. The van der Waals surface area contributed by atoms with Gasteiger partial charge in [-0.05, 0) is 32.1 Å². The molecule has 0 saturated carbocycles. The molecule has 1 rings (SSSR count). The van der Waals surface area contributed by atoms with E-state index >= 15 is 0 Å². The lowest BCUT2D eigenvalue weighted by Crippen LogP contribution is -2.06. The maximum atomic E-state index is 2.41. The lowest BCUT2D eigenvalue weighted by molar-refractivity contribution is 0.730. The van der Waals surface area contributed by atoms with Crippen LogP contribution < -0.4 is 0 Å². The van der Waals surface area contributed by atoms with Crippen molar-refractivity contribution in [3.63, 3.8) is 0 Å². The molecule has 0 amide bonds. The van der Waals surface area contributed by atoms with Crippen LogP contribution in [0.4, 0.5) is 0 Å². The second kappa shape index (κ2) is 3.93. The molecule has 0 heteroatoms. The molecule has 0 heterocycles. The molecule has 0 aliphatic heterocycles. The molecular weight excluding hydrogens is 144 g/mol. The molecule has 0 N–H and O–H groups in total. The molecule has 1 aliphatic carbocycles. The van der Waals surface area contributed by atoms with Crippen molar-refractivity contribution in [1.29, 1.82) is 0 Å². The van der Waals surface area contributed by atoms with Crippen molar-refractivity contribution in [2.75, 3.05) is 0 Å². The highest BCUT2D eigenvalue weighted by atomic mass is 14.2. The standard InChI is InChI=1S/C12H20/c1-5-11-8-9(3)7-10(4)12(11)6-2/h7,10H,5-6,8H2,1-4H3. The van der Waals surface area contributed by atoms with Crippen molar-refractivity contribution in [3.05, 3.63) is 22.8 Å². The third kappa shape index (κ3) is 1.80. The van der Waals surface area contributed by atoms with E-state index in [9.17, 15) is 0 Å². The maximum absolute atomic E-state index is 2.41. The van der Waals surface area contributed by atoms with Crippen molar-refractivity contribution in [2.45, 2.75) is 47.0 Å². The Kier molecular flexibility index (Phi) is 3.13. The summed E-state index contributed by atoms with van der Waals surface area (Å²) < 4.78 is 0. The van der Waals surface area contributed by atoms with Gasteiger partial charge in [-0.25, -0.2) is 0 Å². The lowest BCUT2D eigenvalue weighted by Gasteiger charge is -2.23. The number of hydrogen-bond donors (Lipinski definition) is 0. The van der Waals surface area contributed by atoms with Crippen LogP contribution in [0.2, 0.25) is 0 Å². The first-order chi connectivity index (χ1) is 5.69. The number of allylic oxidation sites excluding steroid dienone is 4. The zero-order valence-corrected chi connectivity index (χ0v) is 8.78. The third-order valence-corrected chi connectivity index (χ3v) is 2.84. The number of hydrogen-bond acceptors (Lipinski definition) is 0. The Labute approximate surface area is 76.4 Å². The molecule has 1 aliphatic rings. The molecule has 68 valence electrons. The first kappa shape index (κ1) is 9.57. The van der Waals surface area contributed by atoms with Gasteiger partial charge in [0, 0.05) is 0 Å². The SMILES string of the molecule is CCC1=C(CC)C(C)C=C(C)C1. The average Bonchev–Trinajstić information content (AvgIpc) is 2.03. The van der Waals surface area contributed by atoms with E-state index in [1.807, 2.05) is 0 Å². The summed E-state index contributed by atoms with van der Waals surface area (Å²) in [6, 6.07) is 0. The smallest absolute Gasteiger partial charge is 0.00463 e. The van der Waals surface area contributed by atoms with E-state index < -0.39 is 0 Å². The Morgan fingerprint density at radius 3 is 2.50 bits per heavy atom. The molecule has 0 aromatic rings. The normalized spacial score (nSPS) is 24.3. The van der Waals surface area contributed by atoms with Gasteiger partial charge in [0.05, 0.1) is 0 Å². The molecule has 1 atom stereocenters. The van der Waals surface area contributed by atoms with Crippen molar-refractivity contribution in [1.82, 2.24) is 0 Å². The van der Waals surface area contributed by atoms with Crippen LogP contribution in [-0.4, -0.2) is 0 Å². The van der Waals surface area contributed by atoms with Crippen molar-refractivity contribution in [2.24, 2.45) is 5.92 Å². The second-order valence-electron chi connectivity index (χ2n) is 3.81. The van der Waals surface area contributed by atoms with E-state index in [1.165, 1.54) is 19.3 Å². The topological polar surface area (TPSA) is 0 Å². The van der Waals surface area contributed by atoms with Crippen LogP contribution in [0.25, 0.3) is 0 Å². The lowest BCUT2D eigenvalue weighted by atomic mass is 9.83. The van der Waals surface area contributed by atoms with Gasteiger partial charge < -0.3 is 0 Å². The minimum atomic E-state index is 0.693. The van der Waals surface area contributed by atoms with Crippen LogP contribution in [0.1, 0.15) is 47.0 Å². The molecule has 0 saturated heterocycles. The molecule has 0 radical (unpaired) electrons. The molecule has 0 fully saturated rings. The van der Waals surface area contributed by atoms with Gasteiger partial charge in [0.25, 0.3) is 0 Å². The summed E-state index contributed by atoms with van der Waals surface area (Å²) in [4.78, 5) is 0. The summed E-state index contributed by atoms with van der Waals surface area (Å²) in [5.74, 6) is 0.693. The Morgan fingerprint density at radius 1 is 1.33 bits per heavy atom. The fourth-order valence-electron chi connectivity index (χ4n) is 2.28. The van der Waals surface area contributed by atoms with Crippen molar-refractivity contribution >= 4 is 0 Å². The predicted octanol–water partition coefficient (Wildman–Crippen LogP) is 4.09. The zero-order chi connectivity index (χ0) is 9.14. The van der Waals surface area contributed by atoms with E-state index in [0.29, 0.717) is 5.92 Å². The molecule has 1 unspecified atom stereocenters. The summed E-state index contributed by atoms with van der Waals surface area (Å²) in [6.07, 6.45) is 6.11. The minimum absolute atomic E-state index is 0.693. The average molecular weight is 164 g/mol. The Morgan fingerprint density at radius 2 is 2.00 bits per heavy atom. The first-order valence-corrected chi connectivity index (χ1v) is 5.07. The molecular formula is C12H20. The summed E-state index contributed by atoms with van der Waals surface area (Å²) in [5, 5.41) is 0. The Bertz CT molecular complexity index is 218. The third-order valence-electron chi connectivity index (χ3n) is 2.84. The van der Waals surface area contributed by atoms with Crippen LogP contribution >= 0.6 is 0 Å². The van der Waals surface area contributed by atoms with Crippen LogP contribution in [0.3, 0.4) is 0 Å². The van der Waals surface area contributed by atoms with Gasteiger partial charge >= 0.3 is 0 Å². The molecule has 0 bridgehead atoms. The molecule has 0 nitrogen and oxygen atoms in total. The van der Waals surface area contributed by atoms with Gasteiger partial charge in [-0.15, -0.1) is 0 Å². The van der Waals surface area contributed by atoms with Gasteiger partial charge in [0.2, 0.25) is 0 Å². The summed E-state index contributed by atoms with van der Waals surface area (Å²) >= 11 is 0. The summed E-state index contributed by atoms with van der Waals surface area (Å²) in [7, 11) is 0. The zero-order valence-electron chi connectivity index (χ0n) is 8.78. The highest BCUT2D eigenvalue weighted by Crippen LogP contribution is 2.32. The van der Waals surface area contributed by atoms with Crippen LogP contribution in [0, 0.1) is 5.92 Å². The van der Waals surface area contributed by atoms with Crippen LogP contribution in [-0.2, 0) is 0 Å². The van der Waals surface area contributed by atoms with Gasteiger partial charge in [-0.3, -0.25) is 0 Å². The van der Waals surface area contributed by atoms with E-state index in [1.54, 1.807) is 16.7 Å². The van der Waals surface area contributed by atoms with Gasteiger partial charge in [-0.2, -0.15) is 0 Å².